The van der Waals surface area contributed by atoms with Crippen molar-refractivity contribution in [1.82, 2.24) is 0 Å². The van der Waals surface area contributed by atoms with Gasteiger partial charge in [-0.2, -0.15) is 0 Å². The van der Waals surface area contributed by atoms with Crippen LogP contribution in [0.4, 0.5) is 0 Å². The van der Waals surface area contributed by atoms with Crippen LogP contribution in [0.25, 0.3) is 0 Å². The number of hydrogen-bond acceptors (Lipinski definition) is 6. The molecule has 0 aromatic rings. The second-order valence-corrected chi connectivity index (χ2v) is 9.76. The first-order valence-corrected chi connectivity index (χ1v) is 10.4. The first kappa shape index (κ1) is 18.1. The largest absolute Gasteiger partial charge is 0.459 e. The zero-order valence-corrected chi connectivity index (χ0v) is 16.8. The molecule has 27 heavy (non-hydrogen) atoms. The lowest BCUT2D eigenvalue weighted by Crippen LogP contribution is -2.79. The molecule has 2 aliphatic carbocycles. The van der Waals surface area contributed by atoms with Crippen LogP contribution in [0.15, 0.2) is 0 Å². The highest BCUT2D eigenvalue weighted by Gasteiger charge is 2.87. The lowest BCUT2D eigenvalue weighted by atomic mass is 9.49. The highest BCUT2D eigenvalue weighted by Crippen LogP contribution is 2.74. The molecule has 0 aromatic carbocycles. The summed E-state index contributed by atoms with van der Waals surface area (Å²) in [6.07, 6.45) is 3.32. The van der Waals surface area contributed by atoms with Crippen molar-refractivity contribution in [3.63, 3.8) is 0 Å². The number of ether oxygens (including phenoxy) is 4. The SMILES string of the molecule is CCC12OC3(C)OC4(CC(C)CC41)C(C)C1OC(=O)CC(C(C)C=O)C12O3. The van der Waals surface area contributed by atoms with Crippen LogP contribution in [0.1, 0.15) is 60.3 Å². The summed E-state index contributed by atoms with van der Waals surface area (Å²) in [7, 11) is 0. The van der Waals surface area contributed by atoms with Gasteiger partial charge in [-0.1, -0.05) is 27.7 Å². The number of esters is 1. The standard InChI is InChI=1S/C21H30O6/c1-6-20-15-7-11(2)9-19(15)13(4)17-21(20,27-18(5,25-19)26-20)14(12(3)10-22)8-16(23)24-17/h10-15,17H,6-9H2,1-5H3. The predicted molar refractivity (Wildman–Crippen MR) is 94.4 cm³/mol. The molecule has 6 heteroatoms. The van der Waals surface area contributed by atoms with Gasteiger partial charge < -0.3 is 23.7 Å². The fraction of sp³-hybridized carbons (Fsp3) is 0.905. The normalized spacial score (nSPS) is 59.1. The Kier molecular flexibility index (Phi) is 3.44. The zero-order valence-electron chi connectivity index (χ0n) is 16.8. The van der Waals surface area contributed by atoms with E-state index in [1.165, 1.54) is 0 Å². The Balaban J connectivity index is 1.79. The van der Waals surface area contributed by atoms with Crippen LogP contribution in [0.2, 0.25) is 0 Å². The molecule has 150 valence electrons. The predicted octanol–water partition coefficient (Wildman–Crippen LogP) is 2.83. The third-order valence-corrected chi connectivity index (χ3v) is 8.43. The summed E-state index contributed by atoms with van der Waals surface area (Å²) in [5, 5.41) is 0. The molecule has 5 rings (SSSR count). The van der Waals surface area contributed by atoms with Gasteiger partial charge in [0.1, 0.15) is 23.6 Å². The van der Waals surface area contributed by atoms with Crippen LogP contribution in [0.3, 0.4) is 0 Å². The molecule has 5 aliphatic rings. The van der Waals surface area contributed by atoms with Gasteiger partial charge in [-0.25, -0.2) is 0 Å². The van der Waals surface area contributed by atoms with Crippen LogP contribution in [-0.4, -0.2) is 41.1 Å². The molecule has 10 unspecified atom stereocenters. The summed E-state index contributed by atoms with van der Waals surface area (Å²) < 4.78 is 26.0. The highest BCUT2D eigenvalue weighted by molar-refractivity contribution is 5.73. The lowest BCUT2D eigenvalue weighted by molar-refractivity contribution is -0.422. The molecule has 3 aliphatic heterocycles. The van der Waals surface area contributed by atoms with E-state index in [1.807, 2.05) is 13.8 Å². The van der Waals surface area contributed by atoms with Crippen molar-refractivity contribution in [2.45, 2.75) is 89.2 Å². The van der Waals surface area contributed by atoms with Crippen LogP contribution >= 0.6 is 0 Å². The molecule has 0 N–H and O–H groups in total. The molecule has 0 aromatic heterocycles. The minimum atomic E-state index is -1.16. The first-order chi connectivity index (χ1) is 12.7. The van der Waals surface area contributed by atoms with Crippen LogP contribution in [0.5, 0.6) is 0 Å². The van der Waals surface area contributed by atoms with Crippen LogP contribution in [-0.2, 0) is 28.5 Å². The molecule has 5 fully saturated rings. The van der Waals surface area contributed by atoms with E-state index < -0.39 is 28.9 Å². The van der Waals surface area contributed by atoms with E-state index in [-0.39, 0.29) is 36.1 Å². The van der Waals surface area contributed by atoms with Gasteiger partial charge in [0.05, 0.1) is 12.0 Å². The summed E-state index contributed by atoms with van der Waals surface area (Å²) in [4.78, 5) is 24.4. The van der Waals surface area contributed by atoms with E-state index in [0.29, 0.717) is 5.92 Å². The van der Waals surface area contributed by atoms with E-state index in [0.717, 1.165) is 25.5 Å². The lowest BCUT2D eigenvalue weighted by Gasteiger charge is -2.65. The Bertz CT molecular complexity index is 709. The second kappa shape index (κ2) is 5.14. The Hall–Kier alpha value is -0.980. The fourth-order valence-corrected chi connectivity index (χ4v) is 7.72. The second-order valence-electron chi connectivity index (χ2n) is 9.76. The third kappa shape index (κ3) is 1.79. The van der Waals surface area contributed by atoms with Gasteiger partial charge in [-0.05, 0) is 25.2 Å². The fourth-order valence-electron chi connectivity index (χ4n) is 7.72. The van der Waals surface area contributed by atoms with E-state index in [9.17, 15) is 9.59 Å². The minimum absolute atomic E-state index is 0.0107. The third-order valence-electron chi connectivity index (χ3n) is 8.43. The van der Waals surface area contributed by atoms with Crippen molar-refractivity contribution >= 4 is 12.3 Å². The Morgan fingerprint density at radius 3 is 2.67 bits per heavy atom. The molecule has 3 bridgehead atoms. The van der Waals surface area contributed by atoms with Gasteiger partial charge in [0.15, 0.2) is 0 Å². The summed E-state index contributed by atoms with van der Waals surface area (Å²) in [5.74, 6) is -1.35. The van der Waals surface area contributed by atoms with E-state index >= 15 is 0 Å². The molecular weight excluding hydrogens is 348 g/mol. The summed E-state index contributed by atoms with van der Waals surface area (Å²) >= 11 is 0. The Labute approximate surface area is 160 Å². The number of carbonyl (C=O) groups excluding carboxylic acids is 2. The maximum absolute atomic E-state index is 12.6. The average molecular weight is 378 g/mol. The van der Waals surface area contributed by atoms with Crippen molar-refractivity contribution in [2.75, 3.05) is 0 Å². The van der Waals surface area contributed by atoms with Gasteiger partial charge in [0.2, 0.25) is 0 Å². The van der Waals surface area contributed by atoms with Gasteiger partial charge in [0, 0.05) is 30.6 Å². The smallest absolute Gasteiger partial charge is 0.306 e. The average Bonchev–Trinajstić information content (AvgIpc) is 3.05. The number of aldehydes is 1. The molecule has 10 atom stereocenters. The zero-order chi connectivity index (χ0) is 19.4. The number of hydrogen-bond donors (Lipinski definition) is 0. The van der Waals surface area contributed by atoms with Crippen molar-refractivity contribution < 1.29 is 28.5 Å². The molecule has 6 nitrogen and oxygen atoms in total. The molecule has 0 radical (unpaired) electrons. The van der Waals surface area contributed by atoms with E-state index in [4.69, 9.17) is 18.9 Å². The molecule has 2 saturated carbocycles. The topological polar surface area (TPSA) is 71.1 Å². The first-order valence-electron chi connectivity index (χ1n) is 10.4. The summed E-state index contributed by atoms with van der Waals surface area (Å²) in [5.41, 5.74) is -1.87. The van der Waals surface area contributed by atoms with Gasteiger partial charge >= 0.3 is 5.97 Å². The summed E-state index contributed by atoms with van der Waals surface area (Å²) in [6.45, 7) is 10.2. The van der Waals surface area contributed by atoms with Gasteiger partial charge in [0.25, 0.3) is 5.97 Å². The molecule has 3 saturated heterocycles. The van der Waals surface area contributed by atoms with Crippen LogP contribution in [0, 0.1) is 29.6 Å². The Morgan fingerprint density at radius 1 is 1.26 bits per heavy atom. The maximum Gasteiger partial charge on any atom is 0.306 e. The quantitative estimate of drug-likeness (QED) is 0.556. The summed E-state index contributed by atoms with van der Waals surface area (Å²) in [6, 6.07) is 0. The monoisotopic (exact) mass is 378 g/mol. The van der Waals surface area contributed by atoms with Crippen molar-refractivity contribution in [2.24, 2.45) is 29.6 Å². The Morgan fingerprint density at radius 2 is 2.00 bits per heavy atom. The number of carbonyl (C=O) groups is 2. The van der Waals surface area contributed by atoms with E-state index in [2.05, 4.69) is 20.8 Å². The van der Waals surface area contributed by atoms with Gasteiger partial charge in [-0.15, -0.1) is 0 Å². The highest BCUT2D eigenvalue weighted by atomic mass is 16.9. The van der Waals surface area contributed by atoms with E-state index in [1.54, 1.807) is 0 Å². The molecule has 0 amide bonds. The van der Waals surface area contributed by atoms with Crippen molar-refractivity contribution in [3.8, 4) is 0 Å². The van der Waals surface area contributed by atoms with Crippen LogP contribution < -0.4 is 0 Å². The van der Waals surface area contributed by atoms with Gasteiger partial charge in [-0.3, -0.25) is 4.79 Å². The molecular formula is C21H30O6. The molecule has 3 heterocycles. The molecule has 1 spiro atoms. The van der Waals surface area contributed by atoms with Crippen molar-refractivity contribution in [3.05, 3.63) is 0 Å². The number of rotatable bonds is 3. The number of fused-ring (bicyclic) bond motifs is 1. The maximum atomic E-state index is 12.6. The van der Waals surface area contributed by atoms with Crippen molar-refractivity contribution in [1.29, 1.82) is 0 Å². The minimum Gasteiger partial charge on any atom is -0.459 e.